The van der Waals surface area contributed by atoms with Gasteiger partial charge in [-0.1, -0.05) is 0 Å². The Labute approximate surface area is 72.9 Å². The van der Waals surface area contributed by atoms with Gasteiger partial charge in [-0.2, -0.15) is 5.26 Å². The normalized spacial score (nSPS) is 12.5. The zero-order chi connectivity index (χ0) is 8.27. The monoisotopic (exact) mass is 214 g/mol. The van der Waals surface area contributed by atoms with Gasteiger partial charge in [-0.3, -0.25) is 0 Å². The van der Waals surface area contributed by atoms with E-state index >= 15 is 0 Å². The number of nitrogens with zero attached hydrogens (tertiary/aromatic N) is 1. The Morgan fingerprint density at radius 2 is 2.55 bits per heavy atom. The maximum absolute atomic E-state index is 8.34. The fourth-order valence-electron chi connectivity index (χ4n) is 0.761. The third kappa shape index (κ3) is 1.82. The first-order valence-electron chi connectivity index (χ1n) is 3.11. The van der Waals surface area contributed by atoms with Gasteiger partial charge in [0.1, 0.15) is 5.76 Å². The fraction of sp³-hybridized carbons (Fsp3) is 0.286. The zero-order valence-corrected chi connectivity index (χ0v) is 7.34. The van der Waals surface area contributed by atoms with Crippen LogP contribution in [0.2, 0.25) is 0 Å². The Morgan fingerprint density at radius 1 is 1.82 bits per heavy atom. The van der Waals surface area contributed by atoms with Gasteiger partial charge in [0.2, 0.25) is 0 Å². The van der Waals surface area contributed by atoms with Crippen LogP contribution >= 0.6 is 15.9 Å². The summed E-state index contributed by atoms with van der Waals surface area (Å²) in [4.78, 5) is 0. The van der Waals surface area contributed by atoms with Crippen LogP contribution in [0, 0.1) is 11.3 Å². The van der Waals surface area contributed by atoms with E-state index in [0.29, 0.717) is 5.76 Å². The van der Waals surface area contributed by atoms with Gasteiger partial charge >= 0.3 is 0 Å². The molecule has 0 aliphatic heterocycles. The summed E-state index contributed by atoms with van der Waals surface area (Å²) in [5.41, 5.74) is 5.60. The quantitative estimate of drug-likeness (QED) is 0.819. The molecular weight excluding hydrogens is 208 g/mol. The molecule has 0 spiro atoms. The highest BCUT2D eigenvalue weighted by Crippen LogP contribution is 2.24. The lowest BCUT2D eigenvalue weighted by atomic mass is 10.2. The summed E-state index contributed by atoms with van der Waals surface area (Å²) >= 11 is 3.25. The Kier molecular flexibility index (Phi) is 2.69. The Morgan fingerprint density at radius 3 is 3.00 bits per heavy atom. The molecule has 0 amide bonds. The highest BCUT2D eigenvalue weighted by atomic mass is 79.9. The van der Waals surface area contributed by atoms with E-state index in [4.69, 9.17) is 15.4 Å². The van der Waals surface area contributed by atoms with Crippen molar-refractivity contribution in [3.05, 3.63) is 22.6 Å². The first-order valence-corrected chi connectivity index (χ1v) is 3.90. The van der Waals surface area contributed by atoms with Crippen LogP contribution in [0.4, 0.5) is 0 Å². The molecule has 2 N–H and O–H groups in total. The molecule has 1 atom stereocenters. The van der Waals surface area contributed by atoms with Crippen molar-refractivity contribution in [1.29, 1.82) is 5.26 Å². The molecule has 1 aromatic heterocycles. The molecular formula is C7H7BrN2O. The van der Waals surface area contributed by atoms with E-state index in [0.717, 1.165) is 4.47 Å². The van der Waals surface area contributed by atoms with E-state index in [2.05, 4.69) is 15.9 Å². The molecule has 0 saturated carbocycles. The SMILES string of the molecule is N#CCC(N)c1occc1Br. The number of nitrogens with two attached hydrogens (primary N) is 1. The number of hydrogen-bond donors (Lipinski definition) is 1. The maximum Gasteiger partial charge on any atom is 0.135 e. The summed E-state index contributed by atoms with van der Waals surface area (Å²) in [6.45, 7) is 0. The average Bonchev–Trinajstić information content (AvgIpc) is 2.36. The summed E-state index contributed by atoms with van der Waals surface area (Å²) in [7, 11) is 0. The van der Waals surface area contributed by atoms with Gasteiger partial charge in [-0.15, -0.1) is 0 Å². The fourth-order valence-corrected chi connectivity index (χ4v) is 1.26. The van der Waals surface area contributed by atoms with Crippen LogP contribution in [-0.2, 0) is 0 Å². The van der Waals surface area contributed by atoms with Crippen molar-refractivity contribution < 1.29 is 4.42 Å². The molecule has 4 heteroatoms. The smallest absolute Gasteiger partial charge is 0.135 e. The molecule has 0 aliphatic rings. The van der Waals surface area contributed by atoms with E-state index < -0.39 is 0 Å². The number of halogens is 1. The zero-order valence-electron chi connectivity index (χ0n) is 5.75. The van der Waals surface area contributed by atoms with E-state index in [1.54, 1.807) is 6.07 Å². The maximum atomic E-state index is 8.34. The molecule has 58 valence electrons. The van der Waals surface area contributed by atoms with Crippen molar-refractivity contribution in [3.63, 3.8) is 0 Å². The predicted molar refractivity (Wildman–Crippen MR) is 43.6 cm³/mol. The number of rotatable bonds is 2. The Bertz CT molecular complexity index is 276. The third-order valence-corrected chi connectivity index (χ3v) is 1.95. The molecule has 1 rings (SSSR count). The Balaban J connectivity index is 2.77. The van der Waals surface area contributed by atoms with Crippen molar-refractivity contribution >= 4 is 15.9 Å². The first-order chi connectivity index (χ1) is 5.25. The number of furan rings is 1. The highest BCUT2D eigenvalue weighted by Gasteiger charge is 2.12. The van der Waals surface area contributed by atoms with Crippen molar-refractivity contribution in [2.75, 3.05) is 0 Å². The largest absolute Gasteiger partial charge is 0.466 e. The van der Waals surface area contributed by atoms with Gasteiger partial charge in [0.15, 0.2) is 0 Å². The van der Waals surface area contributed by atoms with E-state index in [9.17, 15) is 0 Å². The average molecular weight is 215 g/mol. The molecule has 0 aromatic carbocycles. The molecule has 0 bridgehead atoms. The second-order valence-electron chi connectivity index (χ2n) is 2.10. The topological polar surface area (TPSA) is 63.0 Å². The lowest BCUT2D eigenvalue weighted by molar-refractivity contribution is 0.466. The van der Waals surface area contributed by atoms with E-state index in [1.165, 1.54) is 6.26 Å². The van der Waals surface area contributed by atoms with Gasteiger partial charge in [-0.25, -0.2) is 0 Å². The van der Waals surface area contributed by atoms with Gasteiger partial charge < -0.3 is 10.2 Å². The molecule has 1 aromatic rings. The molecule has 3 nitrogen and oxygen atoms in total. The molecule has 0 radical (unpaired) electrons. The molecule has 11 heavy (non-hydrogen) atoms. The van der Waals surface area contributed by atoms with Crippen LogP contribution in [-0.4, -0.2) is 0 Å². The van der Waals surface area contributed by atoms with Crippen LogP contribution in [0.25, 0.3) is 0 Å². The molecule has 0 saturated heterocycles. The second-order valence-corrected chi connectivity index (χ2v) is 2.96. The van der Waals surface area contributed by atoms with Gasteiger partial charge in [0, 0.05) is 0 Å². The van der Waals surface area contributed by atoms with Crippen molar-refractivity contribution in [1.82, 2.24) is 0 Å². The van der Waals surface area contributed by atoms with E-state index in [1.807, 2.05) is 6.07 Å². The van der Waals surface area contributed by atoms with Gasteiger partial charge in [0.05, 0.1) is 29.3 Å². The minimum Gasteiger partial charge on any atom is -0.466 e. The predicted octanol–water partition coefficient (Wildman–Crippen LogP) is 1.96. The first kappa shape index (κ1) is 8.31. The van der Waals surface area contributed by atoms with Crippen LogP contribution in [0.5, 0.6) is 0 Å². The molecule has 1 unspecified atom stereocenters. The summed E-state index contributed by atoms with van der Waals surface area (Å²) in [5.74, 6) is 0.631. The molecule has 0 fully saturated rings. The number of nitriles is 1. The van der Waals surface area contributed by atoms with Crippen molar-refractivity contribution in [2.45, 2.75) is 12.5 Å². The van der Waals surface area contributed by atoms with Gasteiger partial charge in [-0.05, 0) is 22.0 Å². The third-order valence-electron chi connectivity index (χ3n) is 1.29. The lowest BCUT2D eigenvalue weighted by Gasteiger charge is -2.02. The number of hydrogen-bond acceptors (Lipinski definition) is 3. The minimum atomic E-state index is -0.329. The summed E-state index contributed by atoms with van der Waals surface area (Å²) in [6, 6.07) is 3.40. The summed E-state index contributed by atoms with van der Waals surface area (Å²) in [5, 5.41) is 8.34. The van der Waals surface area contributed by atoms with Gasteiger partial charge in [0.25, 0.3) is 0 Å². The molecule has 1 heterocycles. The summed E-state index contributed by atoms with van der Waals surface area (Å²) < 4.78 is 5.88. The van der Waals surface area contributed by atoms with Crippen molar-refractivity contribution in [3.8, 4) is 6.07 Å². The standard InChI is InChI=1S/C7H7BrN2O/c8-5-2-4-11-7(5)6(10)1-3-9/h2,4,6H,1,10H2. The second kappa shape index (κ2) is 3.56. The van der Waals surface area contributed by atoms with Crippen LogP contribution < -0.4 is 5.73 Å². The van der Waals surface area contributed by atoms with Crippen molar-refractivity contribution in [2.24, 2.45) is 5.73 Å². The van der Waals surface area contributed by atoms with Crippen LogP contribution in [0.3, 0.4) is 0 Å². The molecule has 0 aliphatic carbocycles. The Hall–Kier alpha value is -0.790. The lowest BCUT2D eigenvalue weighted by Crippen LogP contribution is -2.08. The van der Waals surface area contributed by atoms with Crippen LogP contribution in [0.15, 0.2) is 21.2 Å². The van der Waals surface area contributed by atoms with E-state index in [-0.39, 0.29) is 12.5 Å². The summed E-state index contributed by atoms with van der Waals surface area (Å²) in [6.07, 6.45) is 1.81. The highest BCUT2D eigenvalue weighted by molar-refractivity contribution is 9.10. The van der Waals surface area contributed by atoms with Crippen LogP contribution in [0.1, 0.15) is 18.2 Å². The minimum absolute atomic E-state index is 0.270.